The smallest absolute Gasteiger partial charge is 0.0800 e. The van der Waals surface area contributed by atoms with Crippen LogP contribution in [0.1, 0.15) is 49.8 Å². The molecule has 216 valence electrons. The third-order valence-electron chi connectivity index (χ3n) is 7.91. The van der Waals surface area contributed by atoms with Crippen LogP contribution < -0.4 is 0 Å². The quantitative estimate of drug-likeness (QED) is 0.0793. The molecule has 2 nitrogen and oxygen atoms in total. The van der Waals surface area contributed by atoms with Crippen molar-refractivity contribution in [3.63, 3.8) is 0 Å². The number of nitrogens with zero attached hydrogens (tertiary/aromatic N) is 1. The van der Waals surface area contributed by atoms with Crippen LogP contribution in [0.3, 0.4) is 0 Å². The van der Waals surface area contributed by atoms with E-state index < -0.39 is 0 Å². The summed E-state index contributed by atoms with van der Waals surface area (Å²) < 4.78 is 0. The van der Waals surface area contributed by atoms with Crippen molar-refractivity contribution in [2.45, 2.75) is 39.5 Å². The third kappa shape index (κ3) is 6.93. The molecule has 4 aromatic carbocycles. The van der Waals surface area contributed by atoms with Crippen LogP contribution in [0, 0.1) is 5.41 Å². The number of hydrogen-bond donors (Lipinski definition) is 1. The molecule has 0 spiro atoms. The molecule has 3 heteroatoms. The summed E-state index contributed by atoms with van der Waals surface area (Å²) in [6, 6.07) is 24.6. The summed E-state index contributed by atoms with van der Waals surface area (Å²) in [6.45, 7) is 6.76. The number of rotatable bonds is 11. The van der Waals surface area contributed by atoms with Crippen molar-refractivity contribution < 1.29 is 0 Å². The van der Waals surface area contributed by atoms with E-state index in [0.29, 0.717) is 20.8 Å². The van der Waals surface area contributed by atoms with E-state index in [1.807, 2.05) is 19.2 Å². The lowest BCUT2D eigenvalue weighted by Gasteiger charge is -2.25. The van der Waals surface area contributed by atoms with Gasteiger partial charge < -0.3 is 5.41 Å². The first kappa shape index (κ1) is 30.3. The van der Waals surface area contributed by atoms with E-state index in [9.17, 15) is 0 Å². The number of fused-ring (bicyclic) bond motifs is 3. The molecule has 0 heterocycles. The molecule has 43 heavy (non-hydrogen) atoms. The fraction of sp³-hybridized carbons (Fsp3) is 0.200. The number of aliphatic imine (C=N–C) groups is 1. The van der Waals surface area contributed by atoms with Crippen LogP contribution in [-0.2, 0) is 6.42 Å². The fourth-order valence-electron chi connectivity index (χ4n) is 6.01. The topological polar surface area (TPSA) is 36.2 Å². The molecule has 0 radical (unpaired) electrons. The predicted octanol–water partition coefficient (Wildman–Crippen LogP) is 11.2. The highest BCUT2D eigenvalue weighted by molar-refractivity contribution is 7.42. The summed E-state index contributed by atoms with van der Waals surface area (Å²) in [6.07, 6.45) is 23.3. The second-order valence-corrected chi connectivity index (χ2v) is 11.8. The molecule has 0 saturated carbocycles. The van der Waals surface area contributed by atoms with Crippen LogP contribution in [0.4, 0.5) is 0 Å². The van der Waals surface area contributed by atoms with E-state index in [4.69, 9.17) is 5.41 Å². The average Bonchev–Trinajstić information content (AvgIpc) is 3.04. The predicted molar refractivity (Wildman–Crippen MR) is 194 cm³/mol. The first-order valence-corrected chi connectivity index (χ1v) is 16.8. The highest BCUT2D eigenvalue weighted by atomic mass is 31.1. The van der Waals surface area contributed by atoms with Gasteiger partial charge in [0.2, 0.25) is 0 Å². The minimum atomic E-state index is 0.440. The van der Waals surface area contributed by atoms with Gasteiger partial charge in [-0.2, -0.15) is 0 Å². The van der Waals surface area contributed by atoms with Gasteiger partial charge in [-0.25, -0.2) is 0 Å². The molecule has 0 aliphatic heterocycles. The highest BCUT2D eigenvalue weighted by Crippen LogP contribution is 2.45. The zero-order valence-electron chi connectivity index (χ0n) is 25.5. The number of allylic oxidation sites excluding steroid dienone is 8. The van der Waals surface area contributed by atoms with Crippen LogP contribution in [0.15, 0.2) is 120 Å². The molecule has 5 rings (SSSR count). The molecule has 1 unspecified atom stereocenters. The van der Waals surface area contributed by atoms with Crippen LogP contribution in [0.25, 0.3) is 44.3 Å². The minimum Gasteiger partial charge on any atom is -0.303 e. The van der Waals surface area contributed by atoms with Gasteiger partial charge in [0, 0.05) is 0 Å². The Bertz CT molecular complexity index is 1810. The summed E-state index contributed by atoms with van der Waals surface area (Å²) in [7, 11) is 0.675. The molecule has 0 aromatic heterocycles. The van der Waals surface area contributed by atoms with E-state index >= 15 is 0 Å². The van der Waals surface area contributed by atoms with Crippen LogP contribution >= 0.6 is 8.58 Å². The van der Waals surface area contributed by atoms with Gasteiger partial charge >= 0.3 is 0 Å². The Hall–Kier alpha value is -4.13. The molecule has 1 aliphatic rings. The number of benzene rings is 4. The number of hydrogen-bond acceptors (Lipinski definition) is 2. The second-order valence-electron chi connectivity index (χ2n) is 10.8. The maximum Gasteiger partial charge on any atom is 0.0800 e. The summed E-state index contributed by atoms with van der Waals surface area (Å²) >= 11 is 0. The molecule has 1 atom stereocenters. The van der Waals surface area contributed by atoms with Crippen molar-refractivity contribution in [2.75, 3.05) is 13.2 Å². The Balaban J connectivity index is 1.64. The lowest BCUT2D eigenvalue weighted by Crippen LogP contribution is -2.04. The van der Waals surface area contributed by atoms with E-state index in [1.165, 1.54) is 60.2 Å². The van der Waals surface area contributed by atoms with Gasteiger partial charge in [-0.15, -0.1) is 0 Å². The van der Waals surface area contributed by atoms with Gasteiger partial charge in [0.25, 0.3) is 0 Å². The molecule has 0 saturated heterocycles. The van der Waals surface area contributed by atoms with E-state index in [-0.39, 0.29) is 0 Å². The van der Waals surface area contributed by atoms with Crippen molar-refractivity contribution >= 4 is 53.7 Å². The molecule has 1 N–H and O–H groups in total. The highest BCUT2D eigenvalue weighted by Gasteiger charge is 2.22. The molecular formula is C40H41N2P. The largest absolute Gasteiger partial charge is 0.303 e. The number of nitrogens with one attached hydrogen (secondary N) is 1. The first-order chi connectivity index (χ1) is 21.2. The van der Waals surface area contributed by atoms with Crippen molar-refractivity contribution in [1.82, 2.24) is 0 Å². The Morgan fingerprint density at radius 2 is 1.65 bits per heavy atom. The van der Waals surface area contributed by atoms with Gasteiger partial charge in [-0.05, 0) is 125 Å². The van der Waals surface area contributed by atoms with Gasteiger partial charge in [0.15, 0.2) is 0 Å². The van der Waals surface area contributed by atoms with Crippen molar-refractivity contribution in [3.05, 3.63) is 131 Å². The van der Waals surface area contributed by atoms with Gasteiger partial charge in [0.05, 0.1) is 12.3 Å². The zero-order valence-corrected chi connectivity index (χ0v) is 26.5. The fourth-order valence-corrected chi connectivity index (χ4v) is 6.82. The van der Waals surface area contributed by atoms with Crippen LogP contribution in [-0.4, -0.2) is 25.1 Å². The lowest BCUT2D eigenvalue weighted by molar-refractivity contribution is 0.989. The van der Waals surface area contributed by atoms with Gasteiger partial charge in [-0.3, -0.25) is 4.99 Å². The van der Waals surface area contributed by atoms with E-state index in [2.05, 4.69) is 122 Å². The molecule has 0 fully saturated rings. The minimum absolute atomic E-state index is 0.440. The van der Waals surface area contributed by atoms with E-state index in [0.717, 1.165) is 25.7 Å². The summed E-state index contributed by atoms with van der Waals surface area (Å²) in [5, 5.41) is 14.4. The van der Waals surface area contributed by atoms with Crippen LogP contribution in [0.2, 0.25) is 0 Å². The van der Waals surface area contributed by atoms with Gasteiger partial charge in [0.1, 0.15) is 0 Å². The van der Waals surface area contributed by atoms with Crippen LogP contribution in [0.5, 0.6) is 0 Å². The van der Waals surface area contributed by atoms with E-state index in [1.54, 1.807) is 6.08 Å². The standard InChI is InChI=1S/C40H41N2P/c1-4-15-32(41)28-42-26-14-6-7-23-37(38(43-3)16-5-2)40-35-21-12-10-19-33(35)39(34-20-11-13-22-36(34)40)31-25-24-29-17-8-9-18-30(29)27-31/h4-5,7-10,12-13,15-19,21-27,41,43H,6,11,14,20,28H2,1-3H3/b15-4-,16-5-,23-7-,38-37+,41-32?,42-26?. The lowest BCUT2D eigenvalue weighted by atomic mass is 9.79. The molecular weight excluding hydrogens is 539 g/mol. The first-order valence-electron chi connectivity index (χ1n) is 15.3. The molecule has 0 bridgehead atoms. The summed E-state index contributed by atoms with van der Waals surface area (Å²) in [5.41, 5.74) is 8.68. The SMILES string of the molecule is C/C=C\C(=N)CN=CCC\C=C/C(=C(/C=C\C)PC)c1c2c(c(-c3ccc4ccccc4c3)c3ccccc13)CCC=C2. The summed E-state index contributed by atoms with van der Waals surface area (Å²) in [4.78, 5) is 4.44. The maximum absolute atomic E-state index is 7.88. The molecule has 4 aromatic rings. The Morgan fingerprint density at radius 3 is 2.44 bits per heavy atom. The van der Waals surface area contributed by atoms with Gasteiger partial charge in [-0.1, -0.05) is 112 Å². The Labute approximate surface area is 258 Å². The Morgan fingerprint density at radius 1 is 0.884 bits per heavy atom. The zero-order chi connectivity index (χ0) is 30.0. The monoisotopic (exact) mass is 580 g/mol. The maximum atomic E-state index is 7.88. The average molecular weight is 581 g/mol. The van der Waals surface area contributed by atoms with Crippen molar-refractivity contribution in [2.24, 2.45) is 4.99 Å². The molecule has 0 amide bonds. The second kappa shape index (κ2) is 14.9. The third-order valence-corrected chi connectivity index (χ3v) is 8.89. The number of unbranched alkanes of at least 4 members (excludes halogenated alkanes) is 1. The molecule has 1 aliphatic carbocycles. The van der Waals surface area contributed by atoms with Crippen molar-refractivity contribution in [3.8, 4) is 11.1 Å². The summed E-state index contributed by atoms with van der Waals surface area (Å²) in [5.74, 6) is 0. The normalized spacial score (nSPS) is 14.4. The van der Waals surface area contributed by atoms with Crippen molar-refractivity contribution in [1.29, 1.82) is 5.41 Å². The Kier molecular flexibility index (Phi) is 10.5.